The molecule has 2 aliphatic heterocycles. The molecule has 2 aromatic heterocycles. The molecule has 0 bridgehead atoms. The van der Waals surface area contributed by atoms with Gasteiger partial charge >= 0.3 is 0 Å². The van der Waals surface area contributed by atoms with Crippen molar-refractivity contribution in [3.05, 3.63) is 126 Å². The number of carbonyl (C=O) groups is 3. The highest BCUT2D eigenvalue weighted by atomic mass is 19.1. The molecule has 8 rings (SSSR count). The first kappa shape index (κ1) is 38.7. The number of aromatic amines is 1. The minimum Gasteiger partial charge on any atom is -0.436 e. The highest BCUT2D eigenvalue weighted by molar-refractivity contribution is 5.98. The highest BCUT2D eigenvalue weighted by Crippen LogP contribution is 2.36. The van der Waals surface area contributed by atoms with Crippen LogP contribution in [0, 0.1) is 5.82 Å². The number of imidazole rings is 1. The number of hydrogen-bond donors (Lipinski definition) is 2. The third kappa shape index (κ3) is 7.62. The molecule has 12 nitrogen and oxygen atoms in total. The van der Waals surface area contributed by atoms with Crippen LogP contribution in [0.15, 0.2) is 108 Å². The number of fused-ring (bicyclic) bond motifs is 1. The van der Waals surface area contributed by atoms with Gasteiger partial charge in [-0.3, -0.25) is 24.2 Å². The molecule has 0 aliphatic carbocycles. The fourth-order valence-electron chi connectivity index (χ4n) is 8.37. The minimum absolute atomic E-state index is 0.00683. The van der Waals surface area contributed by atoms with E-state index in [2.05, 4.69) is 15.3 Å². The zero-order valence-corrected chi connectivity index (χ0v) is 33.1. The molecular weight excluding hydrogens is 736 g/mol. The number of anilines is 1. The van der Waals surface area contributed by atoms with Crippen LogP contribution < -0.4 is 5.32 Å². The van der Waals surface area contributed by atoms with E-state index in [1.807, 2.05) is 122 Å². The number of halogens is 1. The lowest BCUT2D eigenvalue weighted by Gasteiger charge is -2.31. The molecular formula is C45H47FN8O4. The maximum Gasteiger partial charge on any atom is 0.247 e. The number of H-pyrrole nitrogens is 1. The predicted octanol–water partition coefficient (Wildman–Crippen LogP) is 7.22. The zero-order valence-electron chi connectivity index (χ0n) is 33.1. The Labute approximate surface area is 336 Å². The van der Waals surface area contributed by atoms with Crippen molar-refractivity contribution < 1.29 is 23.2 Å². The molecule has 2 saturated heterocycles. The van der Waals surface area contributed by atoms with Crippen LogP contribution in [0.3, 0.4) is 0 Å². The van der Waals surface area contributed by atoms with Gasteiger partial charge in [0, 0.05) is 24.2 Å². The number of hydrogen-bond acceptors (Lipinski definition) is 8. The fourth-order valence-corrected chi connectivity index (χ4v) is 8.37. The third-order valence-corrected chi connectivity index (χ3v) is 11.2. The summed E-state index contributed by atoms with van der Waals surface area (Å²) in [6.45, 7) is 1.10. The Hall–Kier alpha value is -6.18. The second-order valence-electron chi connectivity index (χ2n) is 15.5. The van der Waals surface area contributed by atoms with E-state index in [4.69, 9.17) is 9.40 Å². The van der Waals surface area contributed by atoms with Gasteiger partial charge in [0.15, 0.2) is 5.76 Å². The van der Waals surface area contributed by atoms with Crippen LogP contribution in [0.4, 0.5) is 10.1 Å². The standard InChI is InChI=1S/C45H47FN8O4/c1-51(2)39(28-13-7-5-8-14-28)44(56)53-23-11-17-36(53)41-48-34-22-19-30(26-35(34)49-41)38-27-47-43(58-38)31-20-21-33(32(46)25-31)50-42(55)37-18-12-24-54(37)45(57)40(52(3)4)29-15-9-6-10-16-29/h5-10,13-16,19-22,25-27,36-37,39-40H,11-12,17-18,23-24H2,1-4H3,(H,48,49)(H,50,55)/t36-,37+,39+,40+/m0/s1. The number of likely N-dealkylation sites (tertiary alicyclic amines) is 2. The zero-order chi connectivity index (χ0) is 40.5. The maximum atomic E-state index is 15.6. The SMILES string of the molecule is CN(C)[C@@H](C(=O)N1CCC[C@@H]1C(=O)Nc1ccc(-c2ncc(-c3ccc4nc([C@@H]5CCCN5C(=O)[C@@H](c5ccccc5)N(C)C)[nH]c4c3)o2)cc1F)c1ccccc1. The first-order valence-electron chi connectivity index (χ1n) is 19.7. The summed E-state index contributed by atoms with van der Waals surface area (Å²) in [7, 11) is 7.53. The van der Waals surface area contributed by atoms with Gasteiger partial charge in [0.2, 0.25) is 23.6 Å². The van der Waals surface area contributed by atoms with Crippen LogP contribution in [-0.2, 0) is 14.4 Å². The van der Waals surface area contributed by atoms with E-state index in [1.165, 1.54) is 12.1 Å². The summed E-state index contributed by atoms with van der Waals surface area (Å²) in [6, 6.07) is 27.6. The number of benzene rings is 4. The number of nitrogens with zero attached hydrogens (tertiary/aromatic N) is 6. The van der Waals surface area contributed by atoms with E-state index >= 15 is 4.39 Å². The van der Waals surface area contributed by atoms with Crippen molar-refractivity contribution >= 4 is 34.4 Å². The summed E-state index contributed by atoms with van der Waals surface area (Å²) in [5.74, 6) is 0.236. The van der Waals surface area contributed by atoms with Crippen LogP contribution in [0.5, 0.6) is 0 Å². The van der Waals surface area contributed by atoms with Gasteiger partial charge in [-0.1, -0.05) is 60.7 Å². The van der Waals surface area contributed by atoms with Crippen molar-refractivity contribution in [2.75, 3.05) is 46.6 Å². The molecule has 0 saturated carbocycles. The first-order chi connectivity index (χ1) is 28.1. The summed E-state index contributed by atoms with van der Waals surface area (Å²) >= 11 is 0. The number of likely N-dealkylation sites (N-methyl/N-ethyl adjacent to an activating group) is 2. The van der Waals surface area contributed by atoms with E-state index in [1.54, 1.807) is 17.2 Å². The summed E-state index contributed by atoms with van der Waals surface area (Å²) in [4.78, 5) is 61.4. The largest absolute Gasteiger partial charge is 0.436 e. The van der Waals surface area contributed by atoms with E-state index in [0.717, 1.165) is 46.4 Å². The lowest BCUT2D eigenvalue weighted by atomic mass is 10.0. The van der Waals surface area contributed by atoms with Crippen molar-refractivity contribution in [2.45, 2.75) is 49.9 Å². The molecule has 0 unspecified atom stereocenters. The molecule has 2 aliphatic rings. The monoisotopic (exact) mass is 782 g/mol. The molecule has 298 valence electrons. The molecule has 4 aromatic carbocycles. The summed E-state index contributed by atoms with van der Waals surface area (Å²) < 4.78 is 21.7. The number of rotatable bonds is 11. The average Bonchev–Trinajstić information content (AvgIpc) is 4.05. The molecule has 0 spiro atoms. The molecule has 6 aromatic rings. The Bertz CT molecular complexity index is 2430. The van der Waals surface area contributed by atoms with Gasteiger partial charge in [-0.05, 0) is 101 Å². The molecule has 2 N–H and O–H groups in total. The van der Waals surface area contributed by atoms with Crippen LogP contribution in [0.25, 0.3) is 33.8 Å². The average molecular weight is 783 g/mol. The molecule has 4 atom stereocenters. The topological polar surface area (TPSA) is 131 Å². The van der Waals surface area contributed by atoms with Crippen molar-refractivity contribution in [1.29, 1.82) is 0 Å². The van der Waals surface area contributed by atoms with Gasteiger partial charge in [-0.25, -0.2) is 14.4 Å². The third-order valence-electron chi connectivity index (χ3n) is 11.2. The molecule has 0 radical (unpaired) electrons. The minimum atomic E-state index is -0.718. The van der Waals surface area contributed by atoms with E-state index in [9.17, 15) is 14.4 Å². The van der Waals surface area contributed by atoms with Gasteiger partial charge in [0.25, 0.3) is 0 Å². The summed E-state index contributed by atoms with van der Waals surface area (Å²) in [6.07, 6.45) is 4.44. The van der Waals surface area contributed by atoms with E-state index in [-0.39, 0.29) is 29.4 Å². The summed E-state index contributed by atoms with van der Waals surface area (Å²) in [5.41, 5.74) is 4.51. The van der Waals surface area contributed by atoms with Crippen LogP contribution >= 0.6 is 0 Å². The molecule has 4 heterocycles. The Kier molecular flexibility index (Phi) is 10.9. The molecule has 2 fully saturated rings. The quantitative estimate of drug-likeness (QED) is 0.141. The Morgan fingerprint density at radius 3 is 2.07 bits per heavy atom. The second kappa shape index (κ2) is 16.4. The summed E-state index contributed by atoms with van der Waals surface area (Å²) in [5, 5.41) is 2.71. The number of amides is 3. The van der Waals surface area contributed by atoms with Crippen molar-refractivity contribution in [1.82, 2.24) is 34.6 Å². The molecule has 13 heteroatoms. The Balaban J connectivity index is 0.951. The van der Waals surface area contributed by atoms with Crippen molar-refractivity contribution in [3.8, 4) is 22.8 Å². The number of carbonyl (C=O) groups excluding carboxylic acids is 3. The van der Waals surface area contributed by atoms with Gasteiger partial charge in [-0.2, -0.15) is 0 Å². The van der Waals surface area contributed by atoms with Gasteiger partial charge in [0.05, 0.1) is 29.0 Å². The lowest BCUT2D eigenvalue weighted by molar-refractivity contribution is -0.140. The fraction of sp³-hybridized carbons (Fsp3) is 0.311. The van der Waals surface area contributed by atoms with Crippen molar-refractivity contribution in [3.63, 3.8) is 0 Å². The van der Waals surface area contributed by atoms with E-state index in [0.29, 0.717) is 37.3 Å². The molecule has 3 amide bonds. The number of oxazole rings is 1. The van der Waals surface area contributed by atoms with Gasteiger partial charge < -0.3 is 24.5 Å². The van der Waals surface area contributed by atoms with Crippen LogP contribution in [0.1, 0.15) is 60.8 Å². The highest BCUT2D eigenvalue weighted by Gasteiger charge is 2.39. The van der Waals surface area contributed by atoms with Crippen LogP contribution in [0.2, 0.25) is 0 Å². The Morgan fingerprint density at radius 1 is 0.793 bits per heavy atom. The predicted molar refractivity (Wildman–Crippen MR) is 220 cm³/mol. The van der Waals surface area contributed by atoms with E-state index < -0.39 is 29.8 Å². The van der Waals surface area contributed by atoms with Crippen LogP contribution in [-0.4, -0.2) is 99.6 Å². The molecule has 58 heavy (non-hydrogen) atoms. The number of nitrogens with one attached hydrogen (secondary N) is 2. The van der Waals surface area contributed by atoms with Crippen molar-refractivity contribution in [2.24, 2.45) is 0 Å². The van der Waals surface area contributed by atoms with Gasteiger partial charge in [0.1, 0.15) is 29.8 Å². The maximum absolute atomic E-state index is 15.6. The number of aromatic nitrogens is 3. The van der Waals surface area contributed by atoms with Gasteiger partial charge in [-0.15, -0.1) is 0 Å². The second-order valence-corrected chi connectivity index (χ2v) is 15.5. The smallest absolute Gasteiger partial charge is 0.247 e. The normalized spacial score (nSPS) is 18.0. The lowest BCUT2D eigenvalue weighted by Crippen LogP contribution is -2.47. The Morgan fingerprint density at radius 2 is 1.41 bits per heavy atom. The first-order valence-corrected chi connectivity index (χ1v) is 19.7.